The van der Waals surface area contributed by atoms with Crippen molar-refractivity contribution in [3.63, 3.8) is 0 Å². The van der Waals surface area contributed by atoms with Gasteiger partial charge in [-0.15, -0.1) is 0 Å². The number of hydrogen-bond acceptors (Lipinski definition) is 4. The minimum Gasteiger partial charge on any atom is -0.493 e. The van der Waals surface area contributed by atoms with Crippen LogP contribution in [-0.4, -0.2) is 48.1 Å². The molecule has 1 amide bonds. The van der Waals surface area contributed by atoms with Crippen molar-refractivity contribution >= 4 is 16.9 Å². The van der Waals surface area contributed by atoms with E-state index in [2.05, 4.69) is 9.97 Å². The number of aromatic amines is 1. The van der Waals surface area contributed by atoms with Crippen LogP contribution in [0.3, 0.4) is 0 Å². The zero-order chi connectivity index (χ0) is 19.7. The number of nitrogens with one attached hydrogen (secondary N) is 1. The van der Waals surface area contributed by atoms with Gasteiger partial charge in [-0.25, -0.2) is 9.37 Å². The number of halogens is 1. The van der Waals surface area contributed by atoms with Gasteiger partial charge in [0.25, 0.3) is 5.91 Å². The highest BCUT2D eigenvalue weighted by Gasteiger charge is 2.27. The zero-order valence-corrected chi connectivity index (χ0v) is 15.9. The highest BCUT2D eigenvalue weighted by atomic mass is 19.1. The number of ether oxygens (including phenoxy) is 2. The predicted molar refractivity (Wildman–Crippen MR) is 103 cm³/mol. The van der Waals surface area contributed by atoms with Crippen LogP contribution in [0.2, 0.25) is 0 Å². The second-order valence-corrected chi connectivity index (χ2v) is 6.92. The SMILES string of the molecule is COc1ccc(C(=O)N2CCC(c3nc4ccc(F)cc4[nH]3)CC2)cc1OC. The Bertz CT molecular complexity index is 1010. The van der Waals surface area contributed by atoms with E-state index in [0.717, 1.165) is 24.2 Å². The van der Waals surface area contributed by atoms with E-state index in [9.17, 15) is 9.18 Å². The largest absolute Gasteiger partial charge is 0.493 e. The molecule has 1 aliphatic heterocycles. The molecule has 0 atom stereocenters. The van der Waals surface area contributed by atoms with E-state index in [1.165, 1.54) is 12.1 Å². The minimum absolute atomic E-state index is 0.0221. The normalized spacial score (nSPS) is 15.0. The number of fused-ring (bicyclic) bond motifs is 1. The fraction of sp³-hybridized carbons (Fsp3) is 0.333. The van der Waals surface area contributed by atoms with Gasteiger partial charge in [0.05, 0.1) is 25.3 Å². The third kappa shape index (κ3) is 3.40. The molecular formula is C21H22FN3O3. The van der Waals surface area contributed by atoms with Crippen molar-refractivity contribution in [2.75, 3.05) is 27.3 Å². The molecule has 0 saturated carbocycles. The summed E-state index contributed by atoms with van der Waals surface area (Å²) in [7, 11) is 3.12. The second kappa shape index (κ2) is 7.50. The van der Waals surface area contributed by atoms with Crippen molar-refractivity contribution in [1.82, 2.24) is 14.9 Å². The van der Waals surface area contributed by atoms with Crippen LogP contribution in [0.4, 0.5) is 4.39 Å². The Morgan fingerprint density at radius 2 is 1.86 bits per heavy atom. The summed E-state index contributed by atoms with van der Waals surface area (Å²) in [6.45, 7) is 1.28. The van der Waals surface area contributed by atoms with Crippen molar-refractivity contribution in [2.24, 2.45) is 0 Å². The summed E-state index contributed by atoms with van der Waals surface area (Å²) in [5, 5.41) is 0. The van der Waals surface area contributed by atoms with Crippen molar-refractivity contribution < 1.29 is 18.7 Å². The lowest BCUT2D eigenvalue weighted by Gasteiger charge is -2.31. The van der Waals surface area contributed by atoms with Crippen molar-refractivity contribution in [3.8, 4) is 11.5 Å². The molecule has 1 aliphatic rings. The zero-order valence-electron chi connectivity index (χ0n) is 15.9. The fourth-order valence-electron chi connectivity index (χ4n) is 3.70. The number of imidazole rings is 1. The van der Waals surface area contributed by atoms with Gasteiger partial charge in [-0.1, -0.05) is 0 Å². The number of benzene rings is 2. The molecule has 4 rings (SSSR count). The first kappa shape index (κ1) is 18.3. The third-order valence-electron chi connectivity index (χ3n) is 5.26. The molecule has 1 aromatic heterocycles. The van der Waals surface area contributed by atoms with Gasteiger partial charge in [0, 0.05) is 24.6 Å². The van der Waals surface area contributed by atoms with Crippen molar-refractivity contribution in [1.29, 1.82) is 0 Å². The van der Waals surface area contributed by atoms with Crippen LogP contribution in [0, 0.1) is 5.82 Å². The summed E-state index contributed by atoms with van der Waals surface area (Å²) in [5.74, 6) is 1.92. The summed E-state index contributed by atoms with van der Waals surface area (Å²) in [5.41, 5.74) is 2.05. The molecule has 146 valence electrons. The van der Waals surface area contributed by atoms with Crippen LogP contribution in [-0.2, 0) is 0 Å². The number of piperidine rings is 1. The number of carbonyl (C=O) groups excluding carboxylic acids is 1. The van der Waals surface area contributed by atoms with E-state index >= 15 is 0 Å². The standard InChI is InChI=1S/C21H22FN3O3/c1-27-18-6-3-14(11-19(18)28-2)21(26)25-9-7-13(8-10-25)20-23-16-5-4-15(22)12-17(16)24-20/h3-6,11-13H,7-10H2,1-2H3,(H,23,24). The molecule has 0 unspecified atom stereocenters. The molecule has 1 saturated heterocycles. The van der Waals surface area contributed by atoms with E-state index in [1.807, 2.05) is 4.90 Å². The van der Waals surface area contributed by atoms with Gasteiger partial charge in [-0.3, -0.25) is 4.79 Å². The number of nitrogens with zero attached hydrogens (tertiary/aromatic N) is 2. The smallest absolute Gasteiger partial charge is 0.253 e. The Balaban J connectivity index is 1.45. The Kier molecular flexibility index (Phi) is 4.90. The van der Waals surface area contributed by atoms with Crippen LogP contribution < -0.4 is 9.47 Å². The molecule has 0 bridgehead atoms. The topological polar surface area (TPSA) is 67.5 Å². The first-order valence-electron chi connectivity index (χ1n) is 9.25. The summed E-state index contributed by atoms with van der Waals surface area (Å²) < 4.78 is 23.9. The summed E-state index contributed by atoms with van der Waals surface area (Å²) in [6.07, 6.45) is 1.61. The van der Waals surface area contributed by atoms with Gasteiger partial charge in [0.1, 0.15) is 11.6 Å². The minimum atomic E-state index is -0.280. The number of rotatable bonds is 4. The fourth-order valence-corrected chi connectivity index (χ4v) is 3.70. The number of carbonyl (C=O) groups is 1. The number of methoxy groups -OCH3 is 2. The van der Waals surface area contributed by atoms with E-state index < -0.39 is 0 Å². The van der Waals surface area contributed by atoms with Crippen LogP contribution >= 0.6 is 0 Å². The third-order valence-corrected chi connectivity index (χ3v) is 5.26. The highest BCUT2D eigenvalue weighted by Crippen LogP contribution is 2.31. The summed E-state index contributed by atoms with van der Waals surface area (Å²) >= 11 is 0. The molecule has 7 heteroatoms. The molecular weight excluding hydrogens is 361 g/mol. The number of hydrogen-bond donors (Lipinski definition) is 1. The van der Waals surface area contributed by atoms with Crippen LogP contribution in [0.15, 0.2) is 36.4 Å². The first-order chi connectivity index (χ1) is 13.6. The Morgan fingerprint density at radius 1 is 1.11 bits per heavy atom. The highest BCUT2D eigenvalue weighted by molar-refractivity contribution is 5.95. The summed E-state index contributed by atoms with van der Waals surface area (Å²) in [6, 6.07) is 9.76. The van der Waals surface area contributed by atoms with Crippen molar-refractivity contribution in [2.45, 2.75) is 18.8 Å². The quantitative estimate of drug-likeness (QED) is 0.745. The Morgan fingerprint density at radius 3 is 2.57 bits per heavy atom. The first-order valence-corrected chi connectivity index (χ1v) is 9.25. The molecule has 1 fully saturated rings. The molecule has 3 aromatic rings. The average Bonchev–Trinajstić information content (AvgIpc) is 3.16. The molecule has 1 N–H and O–H groups in total. The monoisotopic (exact) mass is 383 g/mol. The number of H-pyrrole nitrogens is 1. The van der Waals surface area contributed by atoms with Gasteiger partial charge in [-0.05, 0) is 49.2 Å². The maximum absolute atomic E-state index is 13.4. The lowest BCUT2D eigenvalue weighted by atomic mass is 9.95. The van der Waals surface area contributed by atoms with Crippen LogP contribution in [0.5, 0.6) is 11.5 Å². The van der Waals surface area contributed by atoms with Gasteiger partial charge < -0.3 is 19.4 Å². The number of likely N-dealkylation sites (tertiary alicyclic amines) is 1. The van der Waals surface area contributed by atoms with E-state index in [4.69, 9.17) is 9.47 Å². The predicted octanol–water partition coefficient (Wildman–Crippen LogP) is 3.74. The van der Waals surface area contributed by atoms with Gasteiger partial charge in [-0.2, -0.15) is 0 Å². The maximum atomic E-state index is 13.4. The lowest BCUT2D eigenvalue weighted by molar-refractivity contribution is 0.0711. The molecule has 0 spiro atoms. The molecule has 2 aromatic carbocycles. The molecule has 0 aliphatic carbocycles. The Labute approximate surface area is 162 Å². The van der Waals surface area contributed by atoms with Crippen molar-refractivity contribution in [3.05, 3.63) is 53.6 Å². The van der Waals surface area contributed by atoms with Gasteiger partial charge in [0.15, 0.2) is 11.5 Å². The van der Waals surface area contributed by atoms with E-state index in [0.29, 0.717) is 35.7 Å². The second-order valence-electron chi connectivity index (χ2n) is 6.92. The molecule has 0 radical (unpaired) electrons. The average molecular weight is 383 g/mol. The maximum Gasteiger partial charge on any atom is 0.253 e. The summed E-state index contributed by atoms with van der Waals surface area (Å²) in [4.78, 5) is 22.5. The molecule has 28 heavy (non-hydrogen) atoms. The number of amides is 1. The molecule has 6 nitrogen and oxygen atoms in total. The van der Waals surface area contributed by atoms with E-state index in [-0.39, 0.29) is 17.6 Å². The van der Waals surface area contributed by atoms with E-state index in [1.54, 1.807) is 38.5 Å². The Hall–Kier alpha value is -3.09. The number of aromatic nitrogens is 2. The van der Waals surface area contributed by atoms with Crippen LogP contribution in [0.25, 0.3) is 11.0 Å². The molecule has 2 heterocycles. The van der Waals surface area contributed by atoms with Gasteiger partial charge >= 0.3 is 0 Å². The lowest BCUT2D eigenvalue weighted by Crippen LogP contribution is -2.38. The van der Waals surface area contributed by atoms with Gasteiger partial charge in [0.2, 0.25) is 0 Å². The van der Waals surface area contributed by atoms with Crippen LogP contribution in [0.1, 0.15) is 34.9 Å².